The molecule has 0 unspecified atom stereocenters. The molecule has 2 aromatic rings. The van der Waals surface area contributed by atoms with Crippen LogP contribution in [0.4, 0.5) is 0 Å². The van der Waals surface area contributed by atoms with E-state index in [9.17, 15) is 4.79 Å². The van der Waals surface area contributed by atoms with Crippen molar-refractivity contribution in [3.63, 3.8) is 0 Å². The Kier molecular flexibility index (Phi) is 2.35. The summed E-state index contributed by atoms with van der Waals surface area (Å²) >= 11 is 0. The third kappa shape index (κ3) is 1.80. The Hall–Kier alpha value is -1.57. The Bertz CT molecular complexity index is 550. The van der Waals surface area contributed by atoms with Crippen molar-refractivity contribution in [2.24, 2.45) is 0 Å². The van der Waals surface area contributed by atoms with E-state index in [1.807, 2.05) is 18.2 Å². The molecule has 0 aliphatic carbocycles. The van der Waals surface area contributed by atoms with E-state index in [4.69, 9.17) is 4.42 Å². The van der Waals surface area contributed by atoms with Crippen molar-refractivity contribution >= 4 is 11.0 Å². The van der Waals surface area contributed by atoms with Gasteiger partial charge in [0.15, 0.2) is 0 Å². The number of hydrogen-bond donors (Lipinski definition) is 0. The Morgan fingerprint density at radius 3 is 2.60 bits per heavy atom. The second kappa shape index (κ2) is 3.54. The van der Waals surface area contributed by atoms with E-state index < -0.39 is 0 Å². The van der Waals surface area contributed by atoms with E-state index in [0.717, 1.165) is 5.39 Å². The zero-order chi connectivity index (χ0) is 11.0. The van der Waals surface area contributed by atoms with Crippen LogP contribution in [0.5, 0.6) is 0 Å². The van der Waals surface area contributed by atoms with Gasteiger partial charge in [-0.05, 0) is 30.5 Å². The van der Waals surface area contributed by atoms with Crippen LogP contribution in [0.15, 0.2) is 33.5 Å². The fourth-order valence-electron chi connectivity index (χ4n) is 1.59. The van der Waals surface area contributed by atoms with Crippen molar-refractivity contribution in [3.05, 3.63) is 45.8 Å². The Morgan fingerprint density at radius 2 is 1.93 bits per heavy atom. The molecule has 1 heterocycles. The van der Waals surface area contributed by atoms with Gasteiger partial charge in [0, 0.05) is 10.9 Å². The summed E-state index contributed by atoms with van der Waals surface area (Å²) in [6.07, 6.45) is 0. The van der Waals surface area contributed by atoms with Gasteiger partial charge in [-0.15, -0.1) is 0 Å². The molecule has 15 heavy (non-hydrogen) atoms. The Morgan fingerprint density at radius 1 is 1.20 bits per heavy atom. The molecule has 0 bridgehead atoms. The fourth-order valence-corrected chi connectivity index (χ4v) is 1.59. The van der Waals surface area contributed by atoms with Crippen molar-refractivity contribution in [2.45, 2.75) is 26.7 Å². The van der Waals surface area contributed by atoms with Gasteiger partial charge in [0.1, 0.15) is 5.58 Å². The van der Waals surface area contributed by atoms with Crippen molar-refractivity contribution in [1.82, 2.24) is 0 Å². The van der Waals surface area contributed by atoms with Crippen molar-refractivity contribution in [1.29, 1.82) is 0 Å². The highest BCUT2D eigenvalue weighted by molar-refractivity contribution is 5.77. The van der Waals surface area contributed by atoms with Crippen LogP contribution in [0.1, 0.15) is 30.9 Å². The van der Waals surface area contributed by atoms with Crippen LogP contribution in [0, 0.1) is 6.92 Å². The maximum absolute atomic E-state index is 11.3. The first-order valence-corrected chi connectivity index (χ1v) is 5.12. The minimum absolute atomic E-state index is 0.247. The predicted octanol–water partition coefficient (Wildman–Crippen LogP) is 3.22. The molecule has 0 saturated heterocycles. The van der Waals surface area contributed by atoms with E-state index in [1.165, 1.54) is 5.56 Å². The van der Waals surface area contributed by atoms with Crippen LogP contribution in [0.3, 0.4) is 0 Å². The summed E-state index contributed by atoms with van der Waals surface area (Å²) in [5.41, 5.74) is 2.27. The van der Waals surface area contributed by atoms with E-state index in [1.54, 1.807) is 6.92 Å². The van der Waals surface area contributed by atoms with Gasteiger partial charge in [-0.3, -0.25) is 0 Å². The van der Waals surface area contributed by atoms with Gasteiger partial charge in [-0.1, -0.05) is 26.0 Å². The van der Waals surface area contributed by atoms with Gasteiger partial charge in [0.2, 0.25) is 0 Å². The molecule has 0 aliphatic heterocycles. The number of fused-ring (bicyclic) bond motifs is 1. The first-order valence-electron chi connectivity index (χ1n) is 5.12. The van der Waals surface area contributed by atoms with Crippen LogP contribution in [-0.4, -0.2) is 0 Å². The molecule has 0 radical (unpaired) electrons. The summed E-state index contributed by atoms with van der Waals surface area (Å²) in [5.74, 6) is 0.445. The average molecular weight is 202 g/mol. The SMILES string of the molecule is Cc1cc2ccc(C(C)C)cc2oc1=O. The number of rotatable bonds is 1. The van der Waals surface area contributed by atoms with Crippen molar-refractivity contribution < 1.29 is 4.42 Å². The van der Waals surface area contributed by atoms with Crippen LogP contribution in [0.25, 0.3) is 11.0 Å². The molecule has 0 aliphatic rings. The molecule has 2 nitrogen and oxygen atoms in total. The lowest BCUT2D eigenvalue weighted by atomic mass is 10.0. The molecule has 0 spiro atoms. The normalized spacial score (nSPS) is 11.2. The molecule has 0 N–H and O–H groups in total. The minimum Gasteiger partial charge on any atom is -0.423 e. The molecule has 0 atom stereocenters. The van der Waals surface area contributed by atoms with Gasteiger partial charge in [0.25, 0.3) is 0 Å². The zero-order valence-electron chi connectivity index (χ0n) is 9.20. The third-order valence-corrected chi connectivity index (χ3v) is 2.60. The minimum atomic E-state index is -0.247. The molecule has 1 aromatic heterocycles. The lowest BCUT2D eigenvalue weighted by Gasteiger charge is -2.05. The average Bonchev–Trinajstić information content (AvgIpc) is 2.19. The molecule has 1 aromatic carbocycles. The molecule has 0 amide bonds. The smallest absolute Gasteiger partial charge is 0.339 e. The van der Waals surface area contributed by atoms with Crippen LogP contribution < -0.4 is 5.63 Å². The Balaban J connectivity index is 2.72. The molecule has 2 heteroatoms. The topological polar surface area (TPSA) is 30.2 Å². The summed E-state index contributed by atoms with van der Waals surface area (Å²) in [6, 6.07) is 7.89. The molecular formula is C13H14O2. The summed E-state index contributed by atoms with van der Waals surface area (Å²) in [6.45, 7) is 6.00. The zero-order valence-corrected chi connectivity index (χ0v) is 9.20. The first-order chi connectivity index (χ1) is 7.08. The van der Waals surface area contributed by atoms with Crippen molar-refractivity contribution in [2.75, 3.05) is 0 Å². The highest BCUT2D eigenvalue weighted by Gasteiger charge is 2.04. The van der Waals surface area contributed by atoms with Gasteiger partial charge >= 0.3 is 5.63 Å². The van der Waals surface area contributed by atoms with E-state index in [2.05, 4.69) is 19.9 Å². The molecule has 2 rings (SSSR count). The largest absolute Gasteiger partial charge is 0.423 e. The monoisotopic (exact) mass is 202 g/mol. The third-order valence-electron chi connectivity index (χ3n) is 2.60. The van der Waals surface area contributed by atoms with Gasteiger partial charge in [-0.2, -0.15) is 0 Å². The highest BCUT2D eigenvalue weighted by Crippen LogP contribution is 2.20. The van der Waals surface area contributed by atoms with E-state index in [0.29, 0.717) is 17.1 Å². The maximum atomic E-state index is 11.3. The molecule has 0 fully saturated rings. The lowest BCUT2D eigenvalue weighted by Crippen LogP contribution is -2.02. The lowest BCUT2D eigenvalue weighted by molar-refractivity contribution is 0.554. The van der Waals surface area contributed by atoms with Gasteiger partial charge in [-0.25, -0.2) is 4.79 Å². The summed E-state index contributed by atoms with van der Waals surface area (Å²) in [4.78, 5) is 11.3. The fraction of sp³-hybridized carbons (Fsp3) is 0.308. The summed E-state index contributed by atoms with van der Waals surface area (Å²) in [5, 5.41) is 0.983. The second-order valence-corrected chi connectivity index (χ2v) is 4.17. The van der Waals surface area contributed by atoms with E-state index in [-0.39, 0.29) is 5.63 Å². The maximum Gasteiger partial charge on any atom is 0.339 e. The standard InChI is InChI=1S/C13H14O2/c1-8(2)10-4-5-11-6-9(3)13(14)15-12(11)7-10/h4-8H,1-3H3. The van der Waals surface area contributed by atoms with Gasteiger partial charge in [0.05, 0.1) is 0 Å². The van der Waals surface area contributed by atoms with Crippen LogP contribution >= 0.6 is 0 Å². The Labute approximate surface area is 88.5 Å². The number of hydrogen-bond acceptors (Lipinski definition) is 2. The predicted molar refractivity (Wildman–Crippen MR) is 61.3 cm³/mol. The van der Waals surface area contributed by atoms with Crippen LogP contribution in [0.2, 0.25) is 0 Å². The first kappa shape index (κ1) is 9.97. The quantitative estimate of drug-likeness (QED) is 0.664. The summed E-state index contributed by atoms with van der Waals surface area (Å²) in [7, 11) is 0. The van der Waals surface area contributed by atoms with Crippen LogP contribution in [-0.2, 0) is 0 Å². The highest BCUT2D eigenvalue weighted by atomic mass is 16.4. The number of benzene rings is 1. The molecule has 0 saturated carbocycles. The molecular weight excluding hydrogens is 188 g/mol. The van der Waals surface area contributed by atoms with Crippen molar-refractivity contribution in [3.8, 4) is 0 Å². The second-order valence-electron chi connectivity index (χ2n) is 4.17. The molecule has 78 valence electrons. The summed E-state index contributed by atoms with van der Waals surface area (Å²) < 4.78 is 5.23. The van der Waals surface area contributed by atoms with E-state index >= 15 is 0 Å². The van der Waals surface area contributed by atoms with Gasteiger partial charge < -0.3 is 4.42 Å². The number of aryl methyl sites for hydroxylation is 1.